The molecule has 0 bridgehead atoms. The van der Waals surface area contributed by atoms with Crippen LogP contribution in [0, 0.1) is 0 Å². The standard InChI is InChI=1S/C18H17FO4/c1-12(11-20)18(21)23-17-10-6-14(5-9-16(17)19)13-3-7-15(22-2)8-4-13/h3-4,6-10,20H,1,5,11H2,2H3. The highest BCUT2D eigenvalue weighted by Crippen LogP contribution is 2.27. The fraction of sp³-hybridized carbons (Fsp3) is 0.167. The lowest BCUT2D eigenvalue weighted by Gasteiger charge is -2.06. The zero-order chi connectivity index (χ0) is 16.8. The maximum atomic E-state index is 14.0. The highest BCUT2D eigenvalue weighted by atomic mass is 19.1. The van der Waals surface area contributed by atoms with Crippen LogP contribution in [0.4, 0.5) is 4.39 Å². The van der Waals surface area contributed by atoms with E-state index in [0.717, 1.165) is 16.9 Å². The number of rotatable bonds is 5. The highest BCUT2D eigenvalue weighted by Gasteiger charge is 2.16. The molecule has 0 atom stereocenters. The quantitative estimate of drug-likeness (QED) is 0.669. The van der Waals surface area contributed by atoms with Gasteiger partial charge in [-0.2, -0.15) is 0 Å². The molecule has 1 aliphatic carbocycles. The van der Waals surface area contributed by atoms with Crippen molar-refractivity contribution < 1.29 is 23.8 Å². The van der Waals surface area contributed by atoms with Crippen LogP contribution in [-0.2, 0) is 9.53 Å². The molecule has 23 heavy (non-hydrogen) atoms. The Balaban J connectivity index is 2.22. The van der Waals surface area contributed by atoms with Gasteiger partial charge in [-0.25, -0.2) is 9.18 Å². The van der Waals surface area contributed by atoms with Crippen LogP contribution in [-0.4, -0.2) is 24.8 Å². The molecule has 0 saturated carbocycles. The summed E-state index contributed by atoms with van der Waals surface area (Å²) >= 11 is 0. The third-order valence-electron chi connectivity index (χ3n) is 3.32. The molecule has 0 saturated heterocycles. The number of carbonyl (C=O) groups is 1. The molecular weight excluding hydrogens is 299 g/mol. The molecule has 0 fully saturated rings. The van der Waals surface area contributed by atoms with Crippen molar-refractivity contribution in [2.75, 3.05) is 13.7 Å². The number of halogens is 1. The molecule has 1 aliphatic rings. The normalized spacial score (nSPS) is 14.1. The molecule has 120 valence electrons. The number of esters is 1. The molecule has 0 spiro atoms. The second kappa shape index (κ2) is 7.56. The Hall–Kier alpha value is -2.66. The average molecular weight is 316 g/mol. The van der Waals surface area contributed by atoms with E-state index in [-0.39, 0.29) is 11.3 Å². The molecule has 1 aromatic carbocycles. The van der Waals surface area contributed by atoms with Crippen molar-refractivity contribution in [2.24, 2.45) is 0 Å². The van der Waals surface area contributed by atoms with Gasteiger partial charge in [0.05, 0.1) is 19.3 Å². The summed E-state index contributed by atoms with van der Waals surface area (Å²) in [6.45, 7) is 2.81. The van der Waals surface area contributed by atoms with Crippen LogP contribution < -0.4 is 4.74 Å². The first-order valence-electron chi connectivity index (χ1n) is 6.97. The molecule has 0 amide bonds. The maximum Gasteiger partial charge on any atom is 0.341 e. The van der Waals surface area contributed by atoms with E-state index in [0.29, 0.717) is 6.42 Å². The topological polar surface area (TPSA) is 55.8 Å². The lowest BCUT2D eigenvalue weighted by molar-refractivity contribution is -0.135. The Kier molecular flexibility index (Phi) is 5.49. The number of hydrogen-bond acceptors (Lipinski definition) is 4. The van der Waals surface area contributed by atoms with Crippen molar-refractivity contribution in [1.29, 1.82) is 0 Å². The molecule has 0 aliphatic heterocycles. The first-order chi connectivity index (χ1) is 11.0. The molecule has 5 heteroatoms. The third kappa shape index (κ3) is 4.17. The van der Waals surface area contributed by atoms with Gasteiger partial charge in [0.2, 0.25) is 0 Å². The fourth-order valence-electron chi connectivity index (χ4n) is 1.96. The number of ether oxygens (including phenoxy) is 2. The first-order valence-corrected chi connectivity index (χ1v) is 6.97. The van der Waals surface area contributed by atoms with Crippen molar-refractivity contribution in [3.8, 4) is 5.75 Å². The largest absolute Gasteiger partial charge is 0.497 e. The minimum absolute atomic E-state index is 0.137. The molecule has 2 rings (SSSR count). The summed E-state index contributed by atoms with van der Waals surface area (Å²) in [5, 5.41) is 8.84. The number of methoxy groups -OCH3 is 1. The van der Waals surface area contributed by atoms with Crippen molar-refractivity contribution in [3.63, 3.8) is 0 Å². The van der Waals surface area contributed by atoms with Gasteiger partial charge < -0.3 is 14.6 Å². The smallest absolute Gasteiger partial charge is 0.341 e. The van der Waals surface area contributed by atoms with E-state index in [1.807, 2.05) is 24.3 Å². The molecule has 0 aromatic heterocycles. The first kappa shape index (κ1) is 16.7. The summed E-state index contributed by atoms with van der Waals surface area (Å²) in [6, 6.07) is 7.37. The van der Waals surface area contributed by atoms with Crippen LogP contribution in [0.25, 0.3) is 5.57 Å². The number of hydrogen-bond donors (Lipinski definition) is 1. The van der Waals surface area contributed by atoms with Gasteiger partial charge in [-0.15, -0.1) is 0 Å². The predicted octanol–water partition coefficient (Wildman–Crippen LogP) is 3.31. The SMILES string of the molecule is C=C(CO)C(=O)OC1=CC=C(c2ccc(OC)cc2)CC=C1F. The fourth-order valence-corrected chi connectivity index (χ4v) is 1.96. The summed E-state index contributed by atoms with van der Waals surface area (Å²) in [5.74, 6) is -0.960. The summed E-state index contributed by atoms with van der Waals surface area (Å²) in [5.41, 5.74) is 1.65. The molecule has 1 N–H and O–H groups in total. The van der Waals surface area contributed by atoms with Gasteiger partial charge >= 0.3 is 5.97 Å². The van der Waals surface area contributed by atoms with E-state index in [4.69, 9.17) is 14.6 Å². The Labute approximate surface area is 133 Å². The average Bonchev–Trinajstić information content (AvgIpc) is 2.76. The number of carbonyl (C=O) groups excluding carboxylic acids is 1. The van der Waals surface area contributed by atoms with E-state index in [1.54, 1.807) is 13.2 Å². The molecule has 0 heterocycles. The minimum Gasteiger partial charge on any atom is -0.497 e. The van der Waals surface area contributed by atoms with Gasteiger partial charge in [0.15, 0.2) is 11.6 Å². The second-order valence-electron chi connectivity index (χ2n) is 4.86. The second-order valence-corrected chi connectivity index (χ2v) is 4.86. The van der Waals surface area contributed by atoms with Crippen LogP contribution in [0.5, 0.6) is 5.75 Å². The van der Waals surface area contributed by atoms with Crippen LogP contribution in [0.3, 0.4) is 0 Å². The number of aliphatic hydroxyl groups is 1. The molecule has 1 aromatic rings. The number of allylic oxidation sites excluding steroid dienone is 5. The van der Waals surface area contributed by atoms with E-state index in [9.17, 15) is 9.18 Å². The Morgan fingerprint density at radius 3 is 2.61 bits per heavy atom. The van der Waals surface area contributed by atoms with Gasteiger partial charge in [0.1, 0.15) is 5.75 Å². The van der Waals surface area contributed by atoms with Gasteiger partial charge in [0, 0.05) is 0 Å². The van der Waals surface area contributed by atoms with Crippen molar-refractivity contribution in [3.05, 3.63) is 71.8 Å². The van der Waals surface area contributed by atoms with Gasteiger partial charge in [-0.05, 0) is 41.8 Å². The summed E-state index contributed by atoms with van der Waals surface area (Å²) in [4.78, 5) is 11.6. The van der Waals surface area contributed by atoms with Crippen LogP contribution in [0.2, 0.25) is 0 Å². The molecular formula is C18H17FO4. The van der Waals surface area contributed by atoms with E-state index in [1.165, 1.54) is 12.2 Å². The summed E-state index contributed by atoms with van der Waals surface area (Å²) in [6.07, 6.45) is 4.77. The Bertz CT molecular complexity index is 696. The van der Waals surface area contributed by atoms with E-state index >= 15 is 0 Å². The zero-order valence-corrected chi connectivity index (χ0v) is 12.7. The highest BCUT2D eigenvalue weighted by molar-refractivity contribution is 5.89. The maximum absolute atomic E-state index is 14.0. The lowest BCUT2D eigenvalue weighted by atomic mass is 10.0. The minimum atomic E-state index is -0.858. The third-order valence-corrected chi connectivity index (χ3v) is 3.32. The monoisotopic (exact) mass is 316 g/mol. The van der Waals surface area contributed by atoms with Gasteiger partial charge in [-0.1, -0.05) is 24.8 Å². The molecule has 4 nitrogen and oxygen atoms in total. The number of aliphatic hydroxyl groups excluding tert-OH is 1. The Morgan fingerprint density at radius 2 is 2.00 bits per heavy atom. The van der Waals surface area contributed by atoms with Crippen LogP contribution >= 0.6 is 0 Å². The Morgan fingerprint density at radius 1 is 1.30 bits per heavy atom. The van der Waals surface area contributed by atoms with E-state index < -0.39 is 18.4 Å². The van der Waals surface area contributed by atoms with Crippen molar-refractivity contribution in [1.82, 2.24) is 0 Å². The van der Waals surface area contributed by atoms with Crippen LogP contribution in [0.15, 0.2) is 66.2 Å². The summed E-state index contributed by atoms with van der Waals surface area (Å²) < 4.78 is 24.0. The molecule has 0 unspecified atom stereocenters. The zero-order valence-electron chi connectivity index (χ0n) is 12.7. The van der Waals surface area contributed by atoms with Crippen molar-refractivity contribution >= 4 is 11.5 Å². The molecule has 0 radical (unpaired) electrons. The van der Waals surface area contributed by atoms with E-state index in [2.05, 4.69) is 6.58 Å². The number of benzene rings is 1. The van der Waals surface area contributed by atoms with Crippen molar-refractivity contribution in [2.45, 2.75) is 6.42 Å². The van der Waals surface area contributed by atoms with Crippen LogP contribution in [0.1, 0.15) is 12.0 Å². The predicted molar refractivity (Wildman–Crippen MR) is 85.2 cm³/mol. The van der Waals surface area contributed by atoms with Gasteiger partial charge in [-0.3, -0.25) is 0 Å². The van der Waals surface area contributed by atoms with Gasteiger partial charge in [0.25, 0.3) is 0 Å². The summed E-state index contributed by atoms with van der Waals surface area (Å²) in [7, 11) is 1.58. The lowest BCUT2D eigenvalue weighted by Crippen LogP contribution is -2.09.